The van der Waals surface area contributed by atoms with Crippen LogP contribution in [0.5, 0.6) is 0 Å². The van der Waals surface area contributed by atoms with Crippen LogP contribution in [0.2, 0.25) is 0 Å². The van der Waals surface area contributed by atoms with Crippen LogP contribution in [0.1, 0.15) is 25.7 Å². The molecule has 2 fully saturated rings. The molecule has 1 aliphatic heterocycles. The van der Waals surface area contributed by atoms with Crippen LogP contribution in [0.25, 0.3) is 0 Å². The van der Waals surface area contributed by atoms with Crippen molar-refractivity contribution in [3.8, 4) is 0 Å². The van der Waals surface area contributed by atoms with Gasteiger partial charge in [0.15, 0.2) is 0 Å². The number of hydrogen-bond acceptors (Lipinski definition) is 4. The van der Waals surface area contributed by atoms with Gasteiger partial charge in [-0.1, -0.05) is 12.8 Å². The van der Waals surface area contributed by atoms with Gasteiger partial charge in [-0.25, -0.2) is 0 Å². The van der Waals surface area contributed by atoms with Gasteiger partial charge in [0.1, 0.15) is 0 Å². The summed E-state index contributed by atoms with van der Waals surface area (Å²) < 4.78 is 5.35. The maximum atomic E-state index is 12.7. The fourth-order valence-corrected chi connectivity index (χ4v) is 3.03. The number of nitrogens with two attached hydrogens (primary N) is 1. The average molecular weight is 269 g/mol. The molecule has 2 N–H and O–H groups in total. The van der Waals surface area contributed by atoms with E-state index in [4.69, 9.17) is 10.5 Å². The third kappa shape index (κ3) is 3.68. The number of hydrogen-bond donors (Lipinski definition) is 1. The molecule has 2 atom stereocenters. The second-order valence-electron chi connectivity index (χ2n) is 6.08. The molecule has 2 unspecified atom stereocenters. The van der Waals surface area contributed by atoms with Gasteiger partial charge in [-0.3, -0.25) is 4.79 Å². The van der Waals surface area contributed by atoms with Crippen LogP contribution >= 0.6 is 0 Å². The van der Waals surface area contributed by atoms with E-state index < -0.39 is 0 Å². The van der Waals surface area contributed by atoms with Crippen molar-refractivity contribution < 1.29 is 9.53 Å². The first-order valence-corrected chi connectivity index (χ1v) is 7.38. The number of ether oxygens (including phenoxy) is 1. The minimum absolute atomic E-state index is 0.129. The summed E-state index contributed by atoms with van der Waals surface area (Å²) >= 11 is 0. The van der Waals surface area contributed by atoms with Gasteiger partial charge in [-0.2, -0.15) is 0 Å². The zero-order valence-electron chi connectivity index (χ0n) is 12.2. The van der Waals surface area contributed by atoms with Crippen molar-refractivity contribution in [2.45, 2.75) is 37.8 Å². The second-order valence-corrected chi connectivity index (χ2v) is 6.08. The minimum atomic E-state index is -0.136. The average Bonchev–Trinajstić information content (AvgIpc) is 3.00. The smallest absolute Gasteiger partial charge is 0.229 e. The number of carbonyl (C=O) groups is 1. The molecule has 5 nitrogen and oxygen atoms in total. The maximum absolute atomic E-state index is 12.7. The molecule has 0 aromatic heterocycles. The Kier molecular flexibility index (Phi) is 5.19. The minimum Gasteiger partial charge on any atom is -0.379 e. The molecule has 19 heavy (non-hydrogen) atoms. The third-order valence-electron chi connectivity index (χ3n) is 4.28. The Labute approximate surface area is 116 Å². The lowest BCUT2D eigenvalue weighted by molar-refractivity contribution is -0.138. The summed E-state index contributed by atoms with van der Waals surface area (Å²) in [5, 5.41) is 0. The monoisotopic (exact) mass is 269 g/mol. The molecule has 1 aliphatic carbocycles. The first-order valence-electron chi connectivity index (χ1n) is 7.38. The Morgan fingerprint density at radius 2 is 1.89 bits per heavy atom. The van der Waals surface area contributed by atoms with Gasteiger partial charge in [-0.05, 0) is 26.9 Å². The summed E-state index contributed by atoms with van der Waals surface area (Å²) in [5.41, 5.74) is 5.99. The lowest BCUT2D eigenvalue weighted by Crippen LogP contribution is -2.49. The van der Waals surface area contributed by atoms with E-state index in [0.29, 0.717) is 19.3 Å². The van der Waals surface area contributed by atoms with E-state index in [-0.39, 0.29) is 17.9 Å². The standard InChI is InChI=1S/C14H27N3O2/c1-16(2)7-8-17(11-5-3-4-6-11)14(18)12-9-19-10-13(12)15/h11-13H,3-10,15H2,1-2H3. The SMILES string of the molecule is CN(C)CCN(C(=O)C1COCC1N)C1CCCC1. The second kappa shape index (κ2) is 6.68. The third-order valence-corrected chi connectivity index (χ3v) is 4.28. The first-order chi connectivity index (χ1) is 9.09. The molecule has 0 bridgehead atoms. The highest BCUT2D eigenvalue weighted by Crippen LogP contribution is 2.26. The highest BCUT2D eigenvalue weighted by Gasteiger charge is 2.37. The lowest BCUT2D eigenvalue weighted by Gasteiger charge is -2.32. The Bertz CT molecular complexity index is 303. The molecule has 0 aromatic carbocycles. The quantitative estimate of drug-likeness (QED) is 0.779. The van der Waals surface area contributed by atoms with E-state index in [9.17, 15) is 4.79 Å². The van der Waals surface area contributed by atoms with E-state index in [0.717, 1.165) is 25.9 Å². The van der Waals surface area contributed by atoms with E-state index in [1.54, 1.807) is 0 Å². The molecule has 1 heterocycles. The van der Waals surface area contributed by atoms with Crippen LogP contribution in [-0.4, -0.2) is 68.2 Å². The maximum Gasteiger partial charge on any atom is 0.229 e. The fourth-order valence-electron chi connectivity index (χ4n) is 3.03. The molecule has 5 heteroatoms. The lowest BCUT2D eigenvalue weighted by atomic mass is 10.0. The van der Waals surface area contributed by atoms with Crippen molar-refractivity contribution >= 4 is 5.91 Å². The van der Waals surface area contributed by atoms with Crippen LogP contribution in [0.15, 0.2) is 0 Å². The molecular weight excluding hydrogens is 242 g/mol. The summed E-state index contributed by atoms with van der Waals surface area (Å²) in [5.74, 6) is 0.0708. The summed E-state index contributed by atoms with van der Waals surface area (Å²) in [6.45, 7) is 2.72. The van der Waals surface area contributed by atoms with Crippen LogP contribution in [-0.2, 0) is 9.53 Å². The van der Waals surface area contributed by atoms with Crippen LogP contribution < -0.4 is 5.73 Å². The highest BCUT2D eigenvalue weighted by molar-refractivity contribution is 5.80. The van der Waals surface area contributed by atoms with E-state index in [1.807, 2.05) is 14.1 Å². The fraction of sp³-hybridized carbons (Fsp3) is 0.929. The molecule has 2 aliphatic rings. The number of rotatable bonds is 5. The predicted octanol–water partition coefficient (Wildman–Crippen LogP) is 0.293. The van der Waals surface area contributed by atoms with E-state index in [1.165, 1.54) is 12.8 Å². The van der Waals surface area contributed by atoms with Gasteiger partial charge >= 0.3 is 0 Å². The first kappa shape index (κ1) is 14.8. The molecule has 1 amide bonds. The van der Waals surface area contributed by atoms with E-state index in [2.05, 4.69) is 9.80 Å². The van der Waals surface area contributed by atoms with Crippen LogP contribution in [0.3, 0.4) is 0 Å². The Hall–Kier alpha value is -0.650. The molecule has 2 rings (SSSR count). The van der Waals surface area contributed by atoms with Crippen molar-refractivity contribution in [1.82, 2.24) is 9.80 Å². The van der Waals surface area contributed by atoms with Gasteiger partial charge in [-0.15, -0.1) is 0 Å². The molecule has 1 saturated carbocycles. The van der Waals surface area contributed by atoms with Crippen molar-refractivity contribution in [3.05, 3.63) is 0 Å². The molecule has 0 spiro atoms. The predicted molar refractivity (Wildman–Crippen MR) is 74.8 cm³/mol. The van der Waals surface area contributed by atoms with Gasteiger partial charge in [0, 0.05) is 25.2 Å². The Morgan fingerprint density at radius 3 is 2.42 bits per heavy atom. The van der Waals surface area contributed by atoms with Gasteiger partial charge in [0.05, 0.1) is 19.1 Å². The topological polar surface area (TPSA) is 58.8 Å². The molecular formula is C14H27N3O2. The van der Waals surface area contributed by atoms with Gasteiger partial charge in [0.25, 0.3) is 0 Å². The van der Waals surface area contributed by atoms with Crippen molar-refractivity contribution in [2.24, 2.45) is 11.7 Å². The summed E-state index contributed by atoms with van der Waals surface area (Å²) in [6, 6.07) is 0.288. The highest BCUT2D eigenvalue weighted by atomic mass is 16.5. The largest absolute Gasteiger partial charge is 0.379 e. The van der Waals surface area contributed by atoms with Crippen LogP contribution in [0.4, 0.5) is 0 Å². The van der Waals surface area contributed by atoms with Crippen molar-refractivity contribution in [3.63, 3.8) is 0 Å². The molecule has 0 aromatic rings. The zero-order valence-corrected chi connectivity index (χ0v) is 12.2. The van der Waals surface area contributed by atoms with Crippen molar-refractivity contribution in [1.29, 1.82) is 0 Å². The summed E-state index contributed by atoms with van der Waals surface area (Å²) in [6.07, 6.45) is 4.76. The molecule has 0 radical (unpaired) electrons. The number of likely N-dealkylation sites (N-methyl/N-ethyl adjacent to an activating group) is 1. The van der Waals surface area contributed by atoms with Crippen molar-refractivity contribution in [2.75, 3.05) is 40.4 Å². The van der Waals surface area contributed by atoms with E-state index >= 15 is 0 Å². The summed E-state index contributed by atoms with van der Waals surface area (Å²) in [7, 11) is 4.09. The zero-order chi connectivity index (χ0) is 13.8. The Morgan fingerprint density at radius 1 is 1.21 bits per heavy atom. The normalized spacial score (nSPS) is 28.2. The molecule has 110 valence electrons. The summed E-state index contributed by atoms with van der Waals surface area (Å²) in [4.78, 5) is 16.9. The molecule has 1 saturated heterocycles. The number of carbonyl (C=O) groups excluding carboxylic acids is 1. The van der Waals surface area contributed by atoms with Gasteiger partial charge in [0.2, 0.25) is 5.91 Å². The number of amides is 1. The van der Waals surface area contributed by atoms with Crippen LogP contribution in [0, 0.1) is 5.92 Å². The Balaban J connectivity index is 2.00. The van der Waals surface area contributed by atoms with Gasteiger partial charge < -0.3 is 20.3 Å². The number of nitrogens with zero attached hydrogens (tertiary/aromatic N) is 2.